The molecule has 0 amide bonds. The molecule has 2 N–H and O–H groups in total. The molecule has 2 rings (SSSR count). The molecule has 0 bridgehead atoms. The van der Waals surface area contributed by atoms with Gasteiger partial charge in [0.1, 0.15) is 5.82 Å². The van der Waals surface area contributed by atoms with E-state index < -0.39 is 0 Å². The summed E-state index contributed by atoms with van der Waals surface area (Å²) in [5.41, 5.74) is 1.63. The van der Waals surface area contributed by atoms with Gasteiger partial charge in [0.25, 0.3) is 0 Å². The molecule has 1 saturated heterocycles. The monoisotopic (exact) mass is 238 g/mol. The van der Waals surface area contributed by atoms with Gasteiger partial charge >= 0.3 is 0 Å². The van der Waals surface area contributed by atoms with E-state index in [2.05, 4.69) is 10.2 Å². The third-order valence-electron chi connectivity index (χ3n) is 3.28. The van der Waals surface area contributed by atoms with Gasteiger partial charge in [-0.05, 0) is 13.0 Å². The minimum atomic E-state index is -0.229. The maximum Gasteiger partial charge on any atom is 0.128 e. The van der Waals surface area contributed by atoms with Crippen molar-refractivity contribution in [1.82, 2.24) is 10.2 Å². The van der Waals surface area contributed by atoms with E-state index in [-0.39, 0.29) is 18.5 Å². The first-order valence-corrected chi connectivity index (χ1v) is 6.04. The summed E-state index contributed by atoms with van der Waals surface area (Å²) >= 11 is 0. The summed E-state index contributed by atoms with van der Waals surface area (Å²) in [6.07, 6.45) is 0. The Balaban J connectivity index is 2.24. The molecule has 17 heavy (non-hydrogen) atoms. The number of aliphatic hydroxyl groups excluding tert-OH is 1. The number of rotatable bonds is 3. The number of benzene rings is 1. The zero-order valence-corrected chi connectivity index (χ0v) is 10.1. The first-order chi connectivity index (χ1) is 8.22. The molecule has 0 unspecified atom stereocenters. The average Bonchev–Trinajstić information content (AvgIpc) is 2.36. The second-order valence-corrected chi connectivity index (χ2v) is 4.51. The van der Waals surface area contributed by atoms with Crippen molar-refractivity contribution in [2.75, 3.05) is 32.8 Å². The maximum absolute atomic E-state index is 13.8. The van der Waals surface area contributed by atoms with Gasteiger partial charge in [0.2, 0.25) is 0 Å². The van der Waals surface area contributed by atoms with Crippen molar-refractivity contribution in [2.24, 2.45) is 0 Å². The predicted octanol–water partition coefficient (Wildman–Crippen LogP) is 1.07. The molecule has 1 fully saturated rings. The molecule has 1 atom stereocenters. The quantitative estimate of drug-likeness (QED) is 0.827. The lowest BCUT2D eigenvalue weighted by Crippen LogP contribution is -2.46. The van der Waals surface area contributed by atoms with Crippen LogP contribution in [0, 0.1) is 12.7 Å². The van der Waals surface area contributed by atoms with Gasteiger partial charge in [0.05, 0.1) is 12.6 Å². The summed E-state index contributed by atoms with van der Waals surface area (Å²) < 4.78 is 13.8. The molecule has 94 valence electrons. The van der Waals surface area contributed by atoms with E-state index >= 15 is 0 Å². The fourth-order valence-electron chi connectivity index (χ4n) is 2.32. The Morgan fingerprint density at radius 2 is 2.12 bits per heavy atom. The van der Waals surface area contributed by atoms with Crippen molar-refractivity contribution >= 4 is 0 Å². The Labute approximate surface area is 101 Å². The number of nitrogens with one attached hydrogen (secondary N) is 1. The lowest BCUT2D eigenvalue weighted by molar-refractivity contribution is 0.108. The van der Waals surface area contributed by atoms with Gasteiger partial charge in [0, 0.05) is 31.7 Å². The van der Waals surface area contributed by atoms with Crippen LogP contribution in [0.1, 0.15) is 17.2 Å². The molecule has 0 aromatic heterocycles. The molecule has 3 nitrogen and oxygen atoms in total. The number of piperazine rings is 1. The second kappa shape index (κ2) is 5.58. The van der Waals surface area contributed by atoms with Gasteiger partial charge in [-0.25, -0.2) is 4.39 Å². The van der Waals surface area contributed by atoms with Crippen LogP contribution < -0.4 is 5.32 Å². The van der Waals surface area contributed by atoms with Gasteiger partial charge in [-0.1, -0.05) is 17.7 Å². The molecule has 1 aromatic carbocycles. The normalized spacial score (nSPS) is 19.2. The molecule has 4 heteroatoms. The minimum absolute atomic E-state index is 0.0413. The lowest BCUT2D eigenvalue weighted by Gasteiger charge is -2.34. The zero-order valence-electron chi connectivity index (χ0n) is 10.1. The number of halogens is 1. The van der Waals surface area contributed by atoms with E-state index in [1.807, 2.05) is 13.0 Å². The zero-order chi connectivity index (χ0) is 12.3. The van der Waals surface area contributed by atoms with Gasteiger partial charge < -0.3 is 10.4 Å². The van der Waals surface area contributed by atoms with Crippen LogP contribution in [0.15, 0.2) is 18.2 Å². The molecule has 1 aliphatic heterocycles. The average molecular weight is 238 g/mol. The molecule has 0 radical (unpaired) electrons. The van der Waals surface area contributed by atoms with Crippen molar-refractivity contribution in [3.8, 4) is 0 Å². The molecular weight excluding hydrogens is 219 g/mol. The lowest BCUT2D eigenvalue weighted by atomic mass is 10.0. The standard InChI is InChI=1S/C13H19FN2O/c1-10-2-3-12(14)11(8-10)13(9-17)16-6-4-15-5-7-16/h2-3,8,13,15,17H,4-7,9H2,1H3/t13-/m1/s1. The summed E-state index contributed by atoms with van der Waals surface area (Å²) in [6.45, 7) is 5.38. The first-order valence-electron chi connectivity index (χ1n) is 6.04. The Morgan fingerprint density at radius 1 is 1.41 bits per heavy atom. The number of hydrogen-bond acceptors (Lipinski definition) is 3. The second-order valence-electron chi connectivity index (χ2n) is 4.51. The SMILES string of the molecule is Cc1ccc(F)c([C@@H](CO)N2CCNCC2)c1. The van der Waals surface area contributed by atoms with Crippen LogP contribution in [0.3, 0.4) is 0 Å². The molecule has 0 saturated carbocycles. The number of nitrogens with zero attached hydrogens (tertiary/aromatic N) is 1. The van der Waals surface area contributed by atoms with Crippen molar-refractivity contribution in [2.45, 2.75) is 13.0 Å². The molecule has 0 spiro atoms. The van der Waals surface area contributed by atoms with Crippen molar-refractivity contribution in [1.29, 1.82) is 0 Å². The van der Waals surface area contributed by atoms with Gasteiger partial charge in [-0.3, -0.25) is 4.90 Å². The fourth-order valence-corrected chi connectivity index (χ4v) is 2.32. The first kappa shape index (κ1) is 12.5. The van der Waals surface area contributed by atoms with Gasteiger partial charge in [-0.15, -0.1) is 0 Å². The maximum atomic E-state index is 13.8. The summed E-state index contributed by atoms with van der Waals surface area (Å²) in [5.74, 6) is -0.229. The van der Waals surface area contributed by atoms with E-state index in [0.717, 1.165) is 31.7 Å². The van der Waals surface area contributed by atoms with Crippen molar-refractivity contribution in [3.05, 3.63) is 35.1 Å². The van der Waals surface area contributed by atoms with Crippen LogP contribution in [0.5, 0.6) is 0 Å². The molecular formula is C13H19FN2O. The Morgan fingerprint density at radius 3 is 2.76 bits per heavy atom. The van der Waals surface area contributed by atoms with E-state index in [1.165, 1.54) is 6.07 Å². The number of aliphatic hydroxyl groups is 1. The Hall–Kier alpha value is -0.970. The Bertz CT molecular complexity index is 378. The Kier molecular flexibility index (Phi) is 4.10. The van der Waals surface area contributed by atoms with Crippen molar-refractivity contribution < 1.29 is 9.50 Å². The van der Waals surface area contributed by atoms with Crippen LogP contribution in [0.4, 0.5) is 4.39 Å². The van der Waals surface area contributed by atoms with Crippen LogP contribution in [0.2, 0.25) is 0 Å². The molecule has 1 aliphatic rings. The summed E-state index contributed by atoms with van der Waals surface area (Å²) in [4.78, 5) is 2.13. The third kappa shape index (κ3) is 2.83. The number of hydrogen-bond donors (Lipinski definition) is 2. The smallest absolute Gasteiger partial charge is 0.128 e. The largest absolute Gasteiger partial charge is 0.394 e. The molecule has 1 heterocycles. The van der Waals surface area contributed by atoms with Crippen LogP contribution in [0.25, 0.3) is 0 Å². The predicted molar refractivity (Wildman–Crippen MR) is 65.4 cm³/mol. The highest BCUT2D eigenvalue weighted by atomic mass is 19.1. The highest BCUT2D eigenvalue weighted by molar-refractivity contribution is 5.27. The van der Waals surface area contributed by atoms with Crippen molar-refractivity contribution in [3.63, 3.8) is 0 Å². The summed E-state index contributed by atoms with van der Waals surface area (Å²) in [7, 11) is 0. The highest BCUT2D eigenvalue weighted by Gasteiger charge is 2.23. The summed E-state index contributed by atoms with van der Waals surface area (Å²) in [6, 6.07) is 4.84. The van der Waals surface area contributed by atoms with E-state index in [9.17, 15) is 9.50 Å². The van der Waals surface area contributed by atoms with E-state index in [1.54, 1.807) is 6.07 Å². The number of aryl methyl sites for hydroxylation is 1. The van der Waals surface area contributed by atoms with Gasteiger partial charge in [0.15, 0.2) is 0 Å². The summed E-state index contributed by atoms with van der Waals surface area (Å²) in [5, 5.41) is 12.8. The topological polar surface area (TPSA) is 35.5 Å². The molecule has 0 aliphatic carbocycles. The van der Waals surface area contributed by atoms with Crippen LogP contribution in [-0.4, -0.2) is 42.8 Å². The van der Waals surface area contributed by atoms with Crippen LogP contribution in [-0.2, 0) is 0 Å². The van der Waals surface area contributed by atoms with E-state index in [0.29, 0.717) is 5.56 Å². The van der Waals surface area contributed by atoms with Crippen LogP contribution >= 0.6 is 0 Å². The van der Waals surface area contributed by atoms with Gasteiger partial charge in [-0.2, -0.15) is 0 Å². The third-order valence-corrected chi connectivity index (χ3v) is 3.28. The fraction of sp³-hybridized carbons (Fsp3) is 0.538. The van der Waals surface area contributed by atoms with E-state index in [4.69, 9.17) is 0 Å². The highest BCUT2D eigenvalue weighted by Crippen LogP contribution is 2.24. The molecule has 1 aromatic rings. The minimum Gasteiger partial charge on any atom is -0.394 e.